The van der Waals surface area contributed by atoms with E-state index in [9.17, 15) is 0 Å². The number of rotatable bonds is 4. The van der Waals surface area contributed by atoms with Gasteiger partial charge in [0.25, 0.3) is 0 Å². The highest BCUT2D eigenvalue weighted by Gasteiger charge is 2.11. The first-order valence-electron chi connectivity index (χ1n) is 5.15. The third kappa shape index (κ3) is 3.37. The Kier molecular flexibility index (Phi) is 4.87. The molecule has 80 valence electrons. The first kappa shape index (κ1) is 12.3. The van der Waals surface area contributed by atoms with Gasteiger partial charge in [-0.3, -0.25) is 5.32 Å². The standard InChI is InChI=1S/C13H16BrN/c1-4-11(5-2)15-10(3)12-8-6-7-9-13(12)14/h1,6-11,15H,5H2,2-3H3. The summed E-state index contributed by atoms with van der Waals surface area (Å²) in [5.74, 6) is 2.75. The fraction of sp³-hybridized carbons (Fsp3) is 0.385. The fourth-order valence-electron chi connectivity index (χ4n) is 1.50. The molecule has 0 aromatic heterocycles. The van der Waals surface area contributed by atoms with Crippen LogP contribution in [0.15, 0.2) is 28.7 Å². The van der Waals surface area contributed by atoms with E-state index in [0.717, 1.165) is 10.9 Å². The van der Waals surface area contributed by atoms with Gasteiger partial charge in [0.15, 0.2) is 0 Å². The Balaban J connectivity index is 2.73. The van der Waals surface area contributed by atoms with E-state index in [1.165, 1.54) is 5.56 Å². The molecular weight excluding hydrogens is 250 g/mol. The molecule has 0 aliphatic heterocycles. The molecule has 1 nitrogen and oxygen atoms in total. The molecule has 0 saturated carbocycles. The lowest BCUT2D eigenvalue weighted by Gasteiger charge is -2.19. The zero-order valence-electron chi connectivity index (χ0n) is 9.13. The molecule has 0 aliphatic rings. The summed E-state index contributed by atoms with van der Waals surface area (Å²) >= 11 is 3.54. The van der Waals surface area contributed by atoms with E-state index in [1.54, 1.807) is 0 Å². The number of terminal acetylenes is 1. The smallest absolute Gasteiger partial charge is 0.0688 e. The highest BCUT2D eigenvalue weighted by molar-refractivity contribution is 9.10. The maximum absolute atomic E-state index is 5.42. The average Bonchev–Trinajstić information content (AvgIpc) is 2.26. The molecule has 0 radical (unpaired) electrons. The third-order valence-corrected chi connectivity index (χ3v) is 3.15. The molecule has 0 fully saturated rings. The van der Waals surface area contributed by atoms with Gasteiger partial charge in [0.05, 0.1) is 6.04 Å². The van der Waals surface area contributed by atoms with E-state index < -0.39 is 0 Å². The Morgan fingerprint density at radius 1 is 1.47 bits per heavy atom. The van der Waals surface area contributed by atoms with E-state index in [2.05, 4.69) is 47.1 Å². The van der Waals surface area contributed by atoms with Crippen LogP contribution >= 0.6 is 15.9 Å². The maximum atomic E-state index is 5.42. The lowest BCUT2D eigenvalue weighted by Crippen LogP contribution is -2.29. The molecule has 0 amide bonds. The number of nitrogens with one attached hydrogen (secondary N) is 1. The van der Waals surface area contributed by atoms with Crippen LogP contribution in [-0.2, 0) is 0 Å². The predicted molar refractivity (Wildman–Crippen MR) is 68.6 cm³/mol. The summed E-state index contributed by atoms with van der Waals surface area (Å²) in [6.07, 6.45) is 6.37. The molecule has 15 heavy (non-hydrogen) atoms. The normalized spacial score (nSPS) is 14.3. The van der Waals surface area contributed by atoms with Gasteiger partial charge in [-0.25, -0.2) is 0 Å². The predicted octanol–water partition coefficient (Wildman–Crippen LogP) is 3.51. The largest absolute Gasteiger partial charge is 0.297 e. The van der Waals surface area contributed by atoms with E-state index in [1.807, 2.05) is 18.2 Å². The van der Waals surface area contributed by atoms with Crippen molar-refractivity contribution in [2.45, 2.75) is 32.4 Å². The van der Waals surface area contributed by atoms with Crippen molar-refractivity contribution in [3.05, 3.63) is 34.3 Å². The molecule has 0 aliphatic carbocycles. The third-order valence-electron chi connectivity index (χ3n) is 2.43. The number of hydrogen-bond acceptors (Lipinski definition) is 1. The molecule has 0 bridgehead atoms. The minimum Gasteiger partial charge on any atom is -0.297 e. The highest BCUT2D eigenvalue weighted by atomic mass is 79.9. The molecule has 2 unspecified atom stereocenters. The van der Waals surface area contributed by atoms with E-state index >= 15 is 0 Å². The van der Waals surface area contributed by atoms with Crippen molar-refractivity contribution in [3.63, 3.8) is 0 Å². The molecule has 1 N–H and O–H groups in total. The minimum absolute atomic E-state index is 0.145. The molecule has 1 rings (SSSR count). The molecular formula is C13H16BrN. The van der Waals surface area contributed by atoms with Crippen molar-refractivity contribution in [2.75, 3.05) is 0 Å². The molecule has 2 atom stereocenters. The van der Waals surface area contributed by atoms with Crippen LogP contribution in [0.3, 0.4) is 0 Å². The van der Waals surface area contributed by atoms with Gasteiger partial charge in [-0.15, -0.1) is 6.42 Å². The van der Waals surface area contributed by atoms with Crippen LogP contribution in [-0.4, -0.2) is 6.04 Å². The summed E-state index contributed by atoms with van der Waals surface area (Å²) in [5, 5.41) is 3.41. The lowest BCUT2D eigenvalue weighted by molar-refractivity contribution is 0.511. The Bertz CT molecular complexity index is 354. The first-order valence-corrected chi connectivity index (χ1v) is 5.95. The summed E-state index contributed by atoms with van der Waals surface area (Å²) in [6, 6.07) is 8.61. The lowest BCUT2D eigenvalue weighted by atomic mass is 10.1. The highest BCUT2D eigenvalue weighted by Crippen LogP contribution is 2.23. The summed E-state index contributed by atoms with van der Waals surface area (Å²) in [4.78, 5) is 0. The average molecular weight is 266 g/mol. The van der Waals surface area contributed by atoms with Gasteiger partial charge in [0, 0.05) is 10.5 Å². The molecule has 2 heteroatoms. The van der Waals surface area contributed by atoms with Gasteiger partial charge in [-0.05, 0) is 25.0 Å². The van der Waals surface area contributed by atoms with Gasteiger partial charge >= 0.3 is 0 Å². The number of hydrogen-bond donors (Lipinski definition) is 1. The van der Waals surface area contributed by atoms with Crippen molar-refractivity contribution >= 4 is 15.9 Å². The Morgan fingerprint density at radius 3 is 2.67 bits per heavy atom. The zero-order chi connectivity index (χ0) is 11.3. The van der Waals surface area contributed by atoms with Gasteiger partial charge < -0.3 is 0 Å². The second-order valence-electron chi connectivity index (χ2n) is 3.54. The topological polar surface area (TPSA) is 12.0 Å². The molecule has 0 heterocycles. The monoisotopic (exact) mass is 265 g/mol. The summed E-state index contributed by atoms with van der Waals surface area (Å²) < 4.78 is 1.12. The Morgan fingerprint density at radius 2 is 2.13 bits per heavy atom. The van der Waals surface area contributed by atoms with Crippen LogP contribution in [0.4, 0.5) is 0 Å². The Hall–Kier alpha value is -0.780. The van der Waals surface area contributed by atoms with E-state index in [-0.39, 0.29) is 12.1 Å². The van der Waals surface area contributed by atoms with Crippen LogP contribution in [0.1, 0.15) is 31.9 Å². The summed E-state index contributed by atoms with van der Waals surface area (Å²) in [5.41, 5.74) is 1.24. The maximum Gasteiger partial charge on any atom is 0.0688 e. The SMILES string of the molecule is C#CC(CC)NC(C)c1ccccc1Br. The van der Waals surface area contributed by atoms with Crippen molar-refractivity contribution < 1.29 is 0 Å². The first-order chi connectivity index (χ1) is 7.19. The molecule has 1 aromatic rings. The molecule has 1 aromatic carbocycles. The zero-order valence-corrected chi connectivity index (χ0v) is 10.7. The van der Waals surface area contributed by atoms with Crippen molar-refractivity contribution in [3.8, 4) is 12.3 Å². The van der Waals surface area contributed by atoms with Crippen molar-refractivity contribution in [1.29, 1.82) is 0 Å². The van der Waals surface area contributed by atoms with E-state index in [4.69, 9.17) is 6.42 Å². The van der Waals surface area contributed by atoms with E-state index in [0.29, 0.717) is 0 Å². The van der Waals surface area contributed by atoms with Gasteiger partial charge in [-0.1, -0.05) is 47.0 Å². The van der Waals surface area contributed by atoms with Crippen LogP contribution in [0.2, 0.25) is 0 Å². The van der Waals surface area contributed by atoms with Gasteiger partial charge in [-0.2, -0.15) is 0 Å². The van der Waals surface area contributed by atoms with Crippen LogP contribution < -0.4 is 5.32 Å². The van der Waals surface area contributed by atoms with Crippen LogP contribution in [0.5, 0.6) is 0 Å². The fourth-order valence-corrected chi connectivity index (χ4v) is 2.13. The van der Waals surface area contributed by atoms with Crippen LogP contribution in [0, 0.1) is 12.3 Å². The molecule has 0 saturated heterocycles. The van der Waals surface area contributed by atoms with Crippen molar-refractivity contribution in [1.82, 2.24) is 5.32 Å². The number of benzene rings is 1. The number of halogens is 1. The van der Waals surface area contributed by atoms with Crippen molar-refractivity contribution in [2.24, 2.45) is 0 Å². The van der Waals surface area contributed by atoms with Crippen LogP contribution in [0.25, 0.3) is 0 Å². The summed E-state index contributed by atoms with van der Waals surface area (Å²) in [7, 11) is 0. The Labute approximate surface area is 100 Å². The van der Waals surface area contributed by atoms with Gasteiger partial charge in [0.2, 0.25) is 0 Å². The van der Waals surface area contributed by atoms with Gasteiger partial charge in [0.1, 0.15) is 0 Å². The second-order valence-corrected chi connectivity index (χ2v) is 4.39. The minimum atomic E-state index is 0.145. The molecule has 0 spiro atoms. The quantitative estimate of drug-likeness (QED) is 0.822. The second kappa shape index (κ2) is 5.95. The summed E-state index contributed by atoms with van der Waals surface area (Å²) in [6.45, 7) is 4.21.